The van der Waals surface area contributed by atoms with E-state index in [1.807, 2.05) is 42.5 Å². The molecule has 3 rings (SSSR count). The van der Waals surface area contributed by atoms with Crippen molar-refractivity contribution in [3.8, 4) is 5.75 Å². The Morgan fingerprint density at radius 2 is 1.70 bits per heavy atom. The van der Waals surface area contributed by atoms with Crippen molar-refractivity contribution in [2.24, 2.45) is 0 Å². The average Bonchev–Trinajstić information content (AvgIpc) is 2.49. The summed E-state index contributed by atoms with van der Waals surface area (Å²) in [5.74, 6) is 0.200. The summed E-state index contributed by atoms with van der Waals surface area (Å²) < 4.78 is 0. The summed E-state index contributed by atoms with van der Waals surface area (Å²) in [5.41, 5.74) is 2.26. The predicted molar refractivity (Wildman–Crippen MR) is 83.6 cm³/mol. The Morgan fingerprint density at radius 1 is 0.950 bits per heavy atom. The fourth-order valence-electron chi connectivity index (χ4n) is 2.02. The summed E-state index contributed by atoms with van der Waals surface area (Å²) in [5, 5.41) is 11.3. The van der Waals surface area contributed by atoms with Crippen LogP contribution in [0.5, 0.6) is 5.75 Å². The Morgan fingerprint density at radius 3 is 2.55 bits per heavy atom. The number of fused-ring (bicyclic) bond motifs is 1. The molecule has 1 aromatic heterocycles. The molecule has 1 N–H and O–H groups in total. The van der Waals surface area contributed by atoms with E-state index < -0.39 is 0 Å². The van der Waals surface area contributed by atoms with Crippen LogP contribution in [0.3, 0.4) is 0 Å². The van der Waals surface area contributed by atoms with Crippen LogP contribution in [0.2, 0.25) is 0 Å². The van der Waals surface area contributed by atoms with Crippen molar-refractivity contribution < 1.29 is 5.11 Å². The van der Waals surface area contributed by atoms with Crippen molar-refractivity contribution in [3.05, 3.63) is 71.9 Å². The van der Waals surface area contributed by atoms with E-state index in [9.17, 15) is 5.11 Å². The van der Waals surface area contributed by atoms with Gasteiger partial charge in [-0.3, -0.25) is 0 Å². The van der Waals surface area contributed by atoms with E-state index in [1.54, 1.807) is 24.3 Å². The first-order valence-electron chi connectivity index (χ1n) is 6.25. The first-order valence-corrected chi connectivity index (χ1v) is 6.63. The van der Waals surface area contributed by atoms with Crippen LogP contribution in [0, 0.1) is 0 Å². The van der Waals surface area contributed by atoms with Gasteiger partial charge in [-0.05, 0) is 24.3 Å². The maximum atomic E-state index is 9.75. The van der Waals surface area contributed by atoms with Gasteiger partial charge in [0.15, 0.2) is 0 Å². The second kappa shape index (κ2) is 5.35. The number of halogens is 1. The first-order chi connectivity index (χ1) is 9.74. The molecule has 3 heteroatoms. The highest BCUT2D eigenvalue weighted by Crippen LogP contribution is 2.26. The summed E-state index contributed by atoms with van der Waals surface area (Å²) in [4.78, 5) is 4.52. The second-order valence-electron chi connectivity index (χ2n) is 4.44. The Labute approximate surface area is 122 Å². The summed E-state index contributed by atoms with van der Waals surface area (Å²) in [6.07, 6.45) is 1.72. The van der Waals surface area contributed by atoms with Gasteiger partial charge in [0.2, 0.25) is 0 Å². The zero-order valence-corrected chi connectivity index (χ0v) is 11.4. The number of benzene rings is 2. The average molecular weight is 282 g/mol. The van der Waals surface area contributed by atoms with Crippen LogP contribution in [0.15, 0.2) is 60.7 Å². The van der Waals surface area contributed by atoms with Gasteiger partial charge in [0.25, 0.3) is 0 Å². The number of hydrogen-bond acceptors (Lipinski definition) is 2. The van der Waals surface area contributed by atoms with Gasteiger partial charge in [0.05, 0.1) is 16.2 Å². The van der Waals surface area contributed by atoms with Gasteiger partial charge in [-0.15, -0.1) is 0 Å². The highest BCUT2D eigenvalue weighted by molar-refractivity contribution is 6.51. The molecule has 1 heterocycles. The Hall–Kier alpha value is -2.32. The van der Waals surface area contributed by atoms with Crippen molar-refractivity contribution in [3.63, 3.8) is 0 Å². The highest BCUT2D eigenvalue weighted by atomic mass is 35.5. The van der Waals surface area contributed by atoms with Crippen LogP contribution in [-0.4, -0.2) is 10.1 Å². The number of aromatic hydroxyl groups is 1. The highest BCUT2D eigenvalue weighted by Gasteiger charge is 2.04. The van der Waals surface area contributed by atoms with Crippen LogP contribution in [0.4, 0.5) is 0 Å². The molecule has 0 saturated carbocycles. The lowest BCUT2D eigenvalue weighted by Gasteiger charge is -2.03. The number of nitrogens with zero attached hydrogens (tertiary/aromatic N) is 1. The molecule has 0 aliphatic heterocycles. The summed E-state index contributed by atoms with van der Waals surface area (Å²) in [7, 11) is 0. The maximum absolute atomic E-state index is 9.75. The maximum Gasteiger partial charge on any atom is 0.122 e. The standard InChI is InChI=1S/C17H12ClNO/c18-14(11-13-6-2-4-8-17(13)20)16-10-9-12-5-1-3-7-15(12)19-16/h1-11,20H/b14-11-. The molecule has 0 bridgehead atoms. The van der Waals surface area contributed by atoms with Gasteiger partial charge >= 0.3 is 0 Å². The second-order valence-corrected chi connectivity index (χ2v) is 4.85. The number of para-hydroxylation sites is 2. The van der Waals surface area contributed by atoms with Crippen LogP contribution in [0.1, 0.15) is 11.3 Å². The molecule has 2 aromatic carbocycles. The van der Waals surface area contributed by atoms with Crippen LogP contribution < -0.4 is 0 Å². The van der Waals surface area contributed by atoms with E-state index in [-0.39, 0.29) is 5.75 Å². The van der Waals surface area contributed by atoms with Crippen molar-refractivity contribution in [2.45, 2.75) is 0 Å². The molecule has 2 nitrogen and oxygen atoms in total. The lowest BCUT2D eigenvalue weighted by molar-refractivity contribution is 0.474. The van der Waals surface area contributed by atoms with E-state index in [1.165, 1.54) is 0 Å². The zero-order chi connectivity index (χ0) is 13.9. The molecule has 0 unspecified atom stereocenters. The van der Waals surface area contributed by atoms with Gasteiger partial charge in [0, 0.05) is 10.9 Å². The Kier molecular flexibility index (Phi) is 3.40. The molecule has 98 valence electrons. The van der Waals surface area contributed by atoms with Gasteiger partial charge < -0.3 is 5.11 Å². The molecule has 0 spiro atoms. The smallest absolute Gasteiger partial charge is 0.122 e. The van der Waals surface area contributed by atoms with Crippen molar-refractivity contribution in [1.82, 2.24) is 4.98 Å². The molecule has 0 amide bonds. The number of phenolic OH excluding ortho intramolecular Hbond substituents is 1. The first kappa shape index (κ1) is 12.7. The molecule has 20 heavy (non-hydrogen) atoms. The van der Waals surface area contributed by atoms with Crippen LogP contribution in [0.25, 0.3) is 22.0 Å². The largest absolute Gasteiger partial charge is 0.507 e. The van der Waals surface area contributed by atoms with Crippen LogP contribution in [-0.2, 0) is 0 Å². The normalized spacial score (nSPS) is 11.8. The minimum absolute atomic E-state index is 0.200. The molecule has 0 aliphatic carbocycles. The number of hydrogen-bond donors (Lipinski definition) is 1. The summed E-state index contributed by atoms with van der Waals surface area (Å²) in [6.45, 7) is 0. The molecule has 0 radical (unpaired) electrons. The van der Waals surface area contributed by atoms with Crippen molar-refractivity contribution in [2.75, 3.05) is 0 Å². The summed E-state index contributed by atoms with van der Waals surface area (Å²) >= 11 is 6.30. The summed E-state index contributed by atoms with van der Waals surface area (Å²) in [6, 6.07) is 18.8. The third-order valence-electron chi connectivity index (χ3n) is 3.06. The lowest BCUT2D eigenvalue weighted by Crippen LogP contribution is -1.86. The monoisotopic (exact) mass is 281 g/mol. The number of aromatic nitrogens is 1. The molecule has 3 aromatic rings. The molecule has 0 saturated heterocycles. The SMILES string of the molecule is Oc1ccccc1/C=C(\Cl)c1ccc2ccccc2n1. The third-order valence-corrected chi connectivity index (χ3v) is 3.36. The predicted octanol–water partition coefficient (Wildman–Crippen LogP) is 4.68. The third kappa shape index (κ3) is 2.51. The van der Waals surface area contributed by atoms with E-state index >= 15 is 0 Å². The van der Waals surface area contributed by atoms with Gasteiger partial charge in [0.1, 0.15) is 5.75 Å². The molecule has 0 atom stereocenters. The Balaban J connectivity index is 2.04. The number of phenols is 1. The van der Waals surface area contributed by atoms with Crippen molar-refractivity contribution >= 4 is 33.6 Å². The van der Waals surface area contributed by atoms with E-state index in [0.717, 1.165) is 10.9 Å². The fourth-order valence-corrected chi connectivity index (χ4v) is 2.24. The van der Waals surface area contributed by atoms with Gasteiger partial charge in [-0.25, -0.2) is 4.98 Å². The van der Waals surface area contributed by atoms with E-state index in [0.29, 0.717) is 16.3 Å². The number of pyridine rings is 1. The lowest BCUT2D eigenvalue weighted by atomic mass is 10.1. The van der Waals surface area contributed by atoms with Crippen LogP contribution >= 0.6 is 11.6 Å². The topological polar surface area (TPSA) is 33.1 Å². The minimum atomic E-state index is 0.200. The van der Waals surface area contributed by atoms with Gasteiger partial charge in [-0.1, -0.05) is 54.1 Å². The zero-order valence-electron chi connectivity index (χ0n) is 10.6. The van der Waals surface area contributed by atoms with E-state index in [2.05, 4.69) is 4.98 Å². The van der Waals surface area contributed by atoms with E-state index in [4.69, 9.17) is 11.6 Å². The van der Waals surface area contributed by atoms with Gasteiger partial charge in [-0.2, -0.15) is 0 Å². The molecular weight excluding hydrogens is 270 g/mol. The van der Waals surface area contributed by atoms with Crippen molar-refractivity contribution in [1.29, 1.82) is 0 Å². The molecule has 0 fully saturated rings. The molecular formula is C17H12ClNO. The minimum Gasteiger partial charge on any atom is -0.507 e. The Bertz CT molecular complexity index is 796. The molecule has 0 aliphatic rings. The fraction of sp³-hybridized carbons (Fsp3) is 0. The quantitative estimate of drug-likeness (QED) is 0.740. The number of rotatable bonds is 2.